The molecule has 0 radical (unpaired) electrons. The molecule has 4 rings (SSSR count). The Morgan fingerprint density at radius 3 is 2.62 bits per heavy atom. The Morgan fingerprint density at radius 1 is 1.12 bits per heavy atom. The predicted molar refractivity (Wildman–Crippen MR) is 86.9 cm³/mol. The van der Waals surface area contributed by atoms with E-state index in [9.17, 15) is 9.59 Å². The van der Waals surface area contributed by atoms with Crippen molar-refractivity contribution in [2.45, 2.75) is 76.4 Å². The van der Waals surface area contributed by atoms with Crippen molar-refractivity contribution in [1.82, 2.24) is 25.2 Å². The van der Waals surface area contributed by atoms with Gasteiger partial charge >= 0.3 is 6.03 Å². The lowest BCUT2D eigenvalue weighted by atomic mass is 9.89. The van der Waals surface area contributed by atoms with Gasteiger partial charge in [-0.1, -0.05) is 37.3 Å². The molecule has 1 aromatic rings. The maximum absolute atomic E-state index is 12.7. The summed E-state index contributed by atoms with van der Waals surface area (Å²) in [6.45, 7) is 1.11. The van der Waals surface area contributed by atoms with E-state index in [0.29, 0.717) is 11.6 Å². The molecule has 2 saturated carbocycles. The molecule has 0 atom stereocenters. The van der Waals surface area contributed by atoms with Gasteiger partial charge in [-0.3, -0.25) is 14.4 Å². The average Bonchev–Trinajstić information content (AvgIpc) is 3.27. The van der Waals surface area contributed by atoms with E-state index >= 15 is 0 Å². The number of rotatable bonds is 4. The highest BCUT2D eigenvalue weighted by Crippen LogP contribution is 2.35. The summed E-state index contributed by atoms with van der Waals surface area (Å²) in [6, 6.07) is -0.288. The molecule has 1 aromatic heterocycles. The Labute approximate surface area is 141 Å². The van der Waals surface area contributed by atoms with Crippen molar-refractivity contribution in [3.63, 3.8) is 0 Å². The van der Waals surface area contributed by atoms with E-state index in [4.69, 9.17) is 0 Å². The molecular formula is C17H25N5O2. The smallest absolute Gasteiger partial charge is 0.323 e. The van der Waals surface area contributed by atoms with Crippen molar-refractivity contribution < 1.29 is 9.59 Å². The summed E-state index contributed by atoms with van der Waals surface area (Å²) in [7, 11) is 0. The molecule has 3 amide bonds. The van der Waals surface area contributed by atoms with Gasteiger partial charge in [-0.25, -0.2) is 4.79 Å². The number of nitrogens with zero attached hydrogens (tertiary/aromatic N) is 4. The Kier molecular flexibility index (Phi) is 4.02. The number of urea groups is 1. The molecule has 7 heteroatoms. The first-order valence-corrected chi connectivity index (χ1v) is 9.19. The molecule has 3 fully saturated rings. The summed E-state index contributed by atoms with van der Waals surface area (Å²) < 4.78 is 1.87. The molecule has 1 spiro atoms. The van der Waals surface area contributed by atoms with Crippen molar-refractivity contribution >= 4 is 11.9 Å². The Hall–Kier alpha value is -1.92. The van der Waals surface area contributed by atoms with Gasteiger partial charge in [0.1, 0.15) is 11.2 Å². The fourth-order valence-electron chi connectivity index (χ4n) is 4.43. The number of nitrogens with one attached hydrogen (secondary N) is 1. The van der Waals surface area contributed by atoms with E-state index in [1.807, 2.05) is 10.9 Å². The molecule has 2 heterocycles. The zero-order chi connectivity index (χ0) is 16.6. The lowest BCUT2D eigenvalue weighted by molar-refractivity contribution is -0.131. The third-order valence-corrected chi connectivity index (χ3v) is 5.78. The first kappa shape index (κ1) is 15.6. The molecule has 1 N–H and O–H groups in total. The van der Waals surface area contributed by atoms with Crippen LogP contribution in [0.3, 0.4) is 0 Å². The Balaban J connectivity index is 1.40. The van der Waals surface area contributed by atoms with Crippen LogP contribution in [0.5, 0.6) is 0 Å². The molecule has 0 bridgehead atoms. The molecular weight excluding hydrogens is 306 g/mol. The topological polar surface area (TPSA) is 80.1 Å². The average molecular weight is 331 g/mol. The summed E-state index contributed by atoms with van der Waals surface area (Å²) in [4.78, 5) is 26.2. The van der Waals surface area contributed by atoms with E-state index in [1.54, 1.807) is 0 Å². The molecule has 1 saturated heterocycles. The van der Waals surface area contributed by atoms with Crippen LogP contribution in [-0.2, 0) is 17.9 Å². The molecule has 1 aliphatic heterocycles. The molecule has 130 valence electrons. The zero-order valence-corrected chi connectivity index (χ0v) is 14.0. The SMILES string of the molecule is O=C1NC2(CCCC2)C(=O)N1Cc1cn(CC2CCCCC2)nn1. The highest BCUT2D eigenvalue weighted by molar-refractivity contribution is 6.07. The fourth-order valence-corrected chi connectivity index (χ4v) is 4.43. The van der Waals surface area contributed by atoms with Gasteiger partial charge in [0.25, 0.3) is 5.91 Å². The second-order valence-corrected chi connectivity index (χ2v) is 7.55. The molecule has 24 heavy (non-hydrogen) atoms. The first-order chi connectivity index (χ1) is 11.7. The van der Waals surface area contributed by atoms with Crippen molar-refractivity contribution in [3.8, 4) is 0 Å². The van der Waals surface area contributed by atoms with Gasteiger partial charge in [0, 0.05) is 6.54 Å². The van der Waals surface area contributed by atoms with Crippen LogP contribution in [0.25, 0.3) is 0 Å². The van der Waals surface area contributed by atoms with Crippen LogP contribution in [0.1, 0.15) is 63.5 Å². The van der Waals surface area contributed by atoms with Crippen LogP contribution >= 0.6 is 0 Å². The van der Waals surface area contributed by atoms with Crippen LogP contribution in [0.4, 0.5) is 4.79 Å². The predicted octanol–water partition coefficient (Wildman–Crippen LogP) is 2.22. The van der Waals surface area contributed by atoms with Gasteiger partial charge in [0.15, 0.2) is 0 Å². The number of aromatic nitrogens is 3. The number of hydrogen-bond acceptors (Lipinski definition) is 4. The number of amides is 3. The molecule has 0 unspecified atom stereocenters. The number of carbonyl (C=O) groups is 2. The number of hydrogen-bond donors (Lipinski definition) is 1. The van der Waals surface area contributed by atoms with Gasteiger partial charge in [0.2, 0.25) is 0 Å². The molecule has 7 nitrogen and oxygen atoms in total. The Bertz CT molecular complexity index is 629. The van der Waals surface area contributed by atoms with Crippen LogP contribution in [0.2, 0.25) is 0 Å². The lowest BCUT2D eigenvalue weighted by Gasteiger charge is -2.20. The fraction of sp³-hybridized carbons (Fsp3) is 0.765. The largest absolute Gasteiger partial charge is 0.325 e. The third-order valence-electron chi connectivity index (χ3n) is 5.78. The van der Waals surface area contributed by atoms with E-state index in [2.05, 4.69) is 15.6 Å². The summed E-state index contributed by atoms with van der Waals surface area (Å²) in [5.74, 6) is 0.582. The summed E-state index contributed by atoms with van der Waals surface area (Å²) >= 11 is 0. The minimum Gasteiger partial charge on any atom is -0.323 e. The van der Waals surface area contributed by atoms with Gasteiger partial charge in [-0.15, -0.1) is 5.10 Å². The second kappa shape index (κ2) is 6.18. The van der Waals surface area contributed by atoms with Crippen LogP contribution in [-0.4, -0.2) is 37.4 Å². The first-order valence-electron chi connectivity index (χ1n) is 9.19. The normalized spacial score (nSPS) is 24.1. The highest BCUT2D eigenvalue weighted by atomic mass is 16.2. The molecule has 0 aromatic carbocycles. The number of imide groups is 1. The maximum Gasteiger partial charge on any atom is 0.325 e. The van der Waals surface area contributed by atoms with Gasteiger partial charge in [-0.2, -0.15) is 0 Å². The third kappa shape index (κ3) is 2.80. The van der Waals surface area contributed by atoms with E-state index in [-0.39, 0.29) is 18.5 Å². The summed E-state index contributed by atoms with van der Waals surface area (Å²) in [5.41, 5.74) is 0.0409. The van der Waals surface area contributed by atoms with Crippen LogP contribution in [0.15, 0.2) is 6.20 Å². The van der Waals surface area contributed by atoms with Crippen LogP contribution < -0.4 is 5.32 Å². The minimum absolute atomic E-state index is 0.0909. The quantitative estimate of drug-likeness (QED) is 0.858. The van der Waals surface area contributed by atoms with Crippen molar-refractivity contribution in [2.75, 3.05) is 0 Å². The van der Waals surface area contributed by atoms with E-state index in [1.165, 1.54) is 37.0 Å². The van der Waals surface area contributed by atoms with Crippen LogP contribution in [0, 0.1) is 5.92 Å². The van der Waals surface area contributed by atoms with Gasteiger partial charge in [-0.05, 0) is 31.6 Å². The summed E-state index contributed by atoms with van der Waals surface area (Å²) in [5, 5.41) is 11.3. The molecule has 3 aliphatic rings. The number of carbonyl (C=O) groups excluding carboxylic acids is 2. The standard InChI is InChI=1S/C17H25N5O2/c23-15-17(8-4-5-9-17)18-16(24)22(15)12-14-11-21(20-19-14)10-13-6-2-1-3-7-13/h11,13H,1-10,12H2,(H,18,24). The van der Waals surface area contributed by atoms with Gasteiger partial charge in [0.05, 0.1) is 12.7 Å². The van der Waals surface area contributed by atoms with E-state index in [0.717, 1.165) is 32.2 Å². The van der Waals surface area contributed by atoms with Crippen molar-refractivity contribution in [2.24, 2.45) is 5.92 Å². The van der Waals surface area contributed by atoms with Crippen molar-refractivity contribution in [1.29, 1.82) is 0 Å². The maximum atomic E-state index is 12.7. The summed E-state index contributed by atoms with van der Waals surface area (Å²) in [6.07, 6.45) is 11.8. The highest BCUT2D eigenvalue weighted by Gasteiger charge is 2.52. The minimum atomic E-state index is -0.644. The lowest BCUT2D eigenvalue weighted by Crippen LogP contribution is -2.44. The van der Waals surface area contributed by atoms with Crippen molar-refractivity contribution in [3.05, 3.63) is 11.9 Å². The Morgan fingerprint density at radius 2 is 1.88 bits per heavy atom. The monoisotopic (exact) mass is 331 g/mol. The van der Waals surface area contributed by atoms with E-state index < -0.39 is 5.54 Å². The second-order valence-electron chi connectivity index (χ2n) is 7.55. The zero-order valence-electron chi connectivity index (χ0n) is 14.0. The molecule has 2 aliphatic carbocycles. The van der Waals surface area contributed by atoms with Gasteiger partial charge < -0.3 is 5.32 Å².